The molecule has 0 amide bonds. The van der Waals surface area contributed by atoms with Gasteiger partial charge in [0.2, 0.25) is 0 Å². The summed E-state index contributed by atoms with van der Waals surface area (Å²) in [7, 11) is 0. The van der Waals surface area contributed by atoms with E-state index in [2.05, 4.69) is 48.4 Å². The Morgan fingerprint density at radius 1 is 1.53 bits per heavy atom. The van der Waals surface area contributed by atoms with Gasteiger partial charge >= 0.3 is 0 Å². The Morgan fingerprint density at radius 2 is 2.40 bits per heavy atom. The van der Waals surface area contributed by atoms with Crippen LogP contribution in [0.5, 0.6) is 0 Å². The third kappa shape index (κ3) is 2.99. The van der Waals surface area contributed by atoms with Gasteiger partial charge in [0.25, 0.3) is 0 Å². The summed E-state index contributed by atoms with van der Waals surface area (Å²) in [5.41, 5.74) is 0. The Morgan fingerprint density at radius 3 is 3.07 bits per heavy atom. The van der Waals surface area contributed by atoms with Gasteiger partial charge in [0.15, 0.2) is 0 Å². The summed E-state index contributed by atoms with van der Waals surface area (Å²) in [5, 5.41) is 6.68. The minimum Gasteiger partial charge on any atom is -0.306 e. The summed E-state index contributed by atoms with van der Waals surface area (Å²) < 4.78 is 0. The first-order valence-corrected chi connectivity index (χ1v) is 7.61. The Labute approximate surface area is 101 Å². The second-order valence-electron chi connectivity index (χ2n) is 4.23. The number of thioether (sulfide) groups is 1. The first kappa shape index (κ1) is 11.5. The van der Waals surface area contributed by atoms with Gasteiger partial charge in [-0.25, -0.2) is 0 Å². The van der Waals surface area contributed by atoms with Crippen LogP contribution in [0, 0.1) is 0 Å². The Hall–Kier alpha value is 0.01000. The second kappa shape index (κ2) is 5.37. The molecule has 0 bridgehead atoms. The summed E-state index contributed by atoms with van der Waals surface area (Å²) in [6.07, 6.45) is 2.70. The largest absolute Gasteiger partial charge is 0.306 e. The van der Waals surface area contributed by atoms with Crippen LogP contribution in [-0.2, 0) is 0 Å². The van der Waals surface area contributed by atoms with E-state index in [0.717, 1.165) is 5.25 Å². The van der Waals surface area contributed by atoms with Gasteiger partial charge in [-0.2, -0.15) is 11.8 Å². The molecule has 3 heteroatoms. The van der Waals surface area contributed by atoms with Gasteiger partial charge in [-0.1, -0.05) is 13.0 Å². The Kier molecular flexibility index (Phi) is 4.12. The molecule has 1 N–H and O–H groups in total. The van der Waals surface area contributed by atoms with Crippen LogP contribution in [0.2, 0.25) is 0 Å². The van der Waals surface area contributed by atoms with Crippen molar-refractivity contribution in [2.45, 2.75) is 44.0 Å². The molecular formula is C12H19NS2. The first-order chi connectivity index (χ1) is 7.27. The highest BCUT2D eigenvalue weighted by Crippen LogP contribution is 2.28. The van der Waals surface area contributed by atoms with E-state index in [1.165, 1.54) is 23.5 Å². The van der Waals surface area contributed by atoms with Crippen molar-refractivity contribution in [2.24, 2.45) is 0 Å². The fourth-order valence-corrected chi connectivity index (χ4v) is 3.98. The molecule has 1 fully saturated rings. The van der Waals surface area contributed by atoms with Crippen molar-refractivity contribution in [2.75, 3.05) is 5.75 Å². The lowest BCUT2D eigenvalue weighted by Crippen LogP contribution is -2.40. The van der Waals surface area contributed by atoms with Crippen LogP contribution in [0.4, 0.5) is 0 Å². The molecule has 0 radical (unpaired) electrons. The first-order valence-electron chi connectivity index (χ1n) is 5.68. The maximum absolute atomic E-state index is 3.76. The van der Waals surface area contributed by atoms with Crippen LogP contribution in [0.1, 0.15) is 37.6 Å². The van der Waals surface area contributed by atoms with Crippen LogP contribution in [-0.4, -0.2) is 17.0 Å². The molecule has 3 atom stereocenters. The zero-order valence-electron chi connectivity index (χ0n) is 9.40. The van der Waals surface area contributed by atoms with Crippen molar-refractivity contribution >= 4 is 23.1 Å². The molecule has 0 saturated carbocycles. The third-order valence-corrected chi connectivity index (χ3v) is 5.47. The van der Waals surface area contributed by atoms with Crippen molar-refractivity contribution in [1.82, 2.24) is 5.32 Å². The number of rotatable bonds is 3. The molecule has 2 unspecified atom stereocenters. The molecule has 1 aliphatic rings. The average molecular weight is 241 g/mol. The molecule has 1 aromatic heterocycles. The van der Waals surface area contributed by atoms with E-state index in [9.17, 15) is 0 Å². The molecule has 0 aromatic carbocycles. The van der Waals surface area contributed by atoms with Crippen molar-refractivity contribution < 1.29 is 0 Å². The van der Waals surface area contributed by atoms with Crippen LogP contribution in [0.3, 0.4) is 0 Å². The molecule has 1 aromatic rings. The normalized spacial score (nSPS) is 28.9. The minimum absolute atomic E-state index is 0.510. The average Bonchev–Trinajstić information content (AvgIpc) is 2.74. The summed E-state index contributed by atoms with van der Waals surface area (Å²) >= 11 is 3.96. The fourth-order valence-electron chi connectivity index (χ4n) is 2.08. The highest BCUT2D eigenvalue weighted by atomic mass is 32.2. The van der Waals surface area contributed by atoms with Crippen molar-refractivity contribution in [1.29, 1.82) is 0 Å². The monoisotopic (exact) mass is 241 g/mol. The van der Waals surface area contributed by atoms with E-state index in [-0.39, 0.29) is 0 Å². The van der Waals surface area contributed by atoms with Gasteiger partial charge in [0.05, 0.1) is 0 Å². The van der Waals surface area contributed by atoms with Crippen LogP contribution in [0.25, 0.3) is 0 Å². The van der Waals surface area contributed by atoms with Gasteiger partial charge in [0.1, 0.15) is 0 Å². The molecule has 2 rings (SSSR count). The predicted molar refractivity (Wildman–Crippen MR) is 70.8 cm³/mol. The highest BCUT2D eigenvalue weighted by Gasteiger charge is 2.23. The summed E-state index contributed by atoms with van der Waals surface area (Å²) in [5.74, 6) is 1.34. The number of hydrogen-bond donors (Lipinski definition) is 1. The smallest absolute Gasteiger partial charge is 0.0388 e. The van der Waals surface area contributed by atoms with E-state index >= 15 is 0 Å². The van der Waals surface area contributed by atoms with E-state index in [1.54, 1.807) is 0 Å². The van der Waals surface area contributed by atoms with E-state index in [0.29, 0.717) is 12.1 Å². The van der Waals surface area contributed by atoms with E-state index in [4.69, 9.17) is 0 Å². The van der Waals surface area contributed by atoms with Gasteiger partial charge < -0.3 is 5.32 Å². The molecule has 2 heterocycles. The molecule has 1 aliphatic heterocycles. The fraction of sp³-hybridized carbons (Fsp3) is 0.667. The Balaban J connectivity index is 1.90. The zero-order valence-corrected chi connectivity index (χ0v) is 11.0. The lowest BCUT2D eigenvalue weighted by Gasteiger charge is -2.31. The number of hydrogen-bond acceptors (Lipinski definition) is 3. The summed E-state index contributed by atoms with van der Waals surface area (Å²) in [6.45, 7) is 4.63. The maximum Gasteiger partial charge on any atom is 0.0388 e. The van der Waals surface area contributed by atoms with Gasteiger partial charge in [0, 0.05) is 22.2 Å². The van der Waals surface area contributed by atoms with Gasteiger partial charge in [-0.05, 0) is 37.0 Å². The van der Waals surface area contributed by atoms with Crippen molar-refractivity contribution in [3.05, 3.63) is 22.4 Å². The minimum atomic E-state index is 0.510. The maximum atomic E-state index is 3.76. The second-order valence-corrected chi connectivity index (χ2v) is 6.69. The van der Waals surface area contributed by atoms with E-state index < -0.39 is 0 Å². The molecule has 15 heavy (non-hydrogen) atoms. The number of thiophene rings is 1. The number of nitrogens with one attached hydrogen (secondary N) is 1. The summed E-state index contributed by atoms with van der Waals surface area (Å²) in [6, 6.07) is 5.57. The lowest BCUT2D eigenvalue weighted by atomic mass is 10.1. The molecule has 0 aliphatic carbocycles. The van der Waals surface area contributed by atoms with Crippen LogP contribution < -0.4 is 5.32 Å². The SMILES string of the molecule is CC1SCCCC1N[C@H](C)c1cccs1. The van der Waals surface area contributed by atoms with Crippen LogP contribution in [0.15, 0.2) is 17.5 Å². The standard InChI is InChI=1S/C12H19NS2/c1-9(12-6-4-8-15-12)13-11-5-3-7-14-10(11)2/h4,6,8-11,13H,3,5,7H2,1-2H3/t9-,10?,11?/m1/s1. The van der Waals surface area contributed by atoms with Crippen molar-refractivity contribution in [3.63, 3.8) is 0 Å². The van der Waals surface area contributed by atoms with Gasteiger partial charge in [-0.15, -0.1) is 11.3 Å². The summed E-state index contributed by atoms with van der Waals surface area (Å²) in [4.78, 5) is 1.46. The highest BCUT2D eigenvalue weighted by molar-refractivity contribution is 7.99. The quantitative estimate of drug-likeness (QED) is 0.866. The predicted octanol–water partition coefficient (Wildman–Crippen LogP) is 3.68. The molecule has 1 saturated heterocycles. The Bertz CT molecular complexity index is 284. The molecule has 0 spiro atoms. The molecule has 1 nitrogen and oxygen atoms in total. The van der Waals surface area contributed by atoms with E-state index in [1.807, 2.05) is 11.3 Å². The zero-order chi connectivity index (χ0) is 10.7. The van der Waals surface area contributed by atoms with Gasteiger partial charge in [-0.3, -0.25) is 0 Å². The van der Waals surface area contributed by atoms with Crippen molar-refractivity contribution in [3.8, 4) is 0 Å². The third-order valence-electron chi connectivity index (χ3n) is 3.04. The van der Waals surface area contributed by atoms with Crippen LogP contribution >= 0.6 is 23.1 Å². The lowest BCUT2D eigenvalue weighted by molar-refractivity contribution is 0.420. The molecular weight excluding hydrogens is 222 g/mol. The topological polar surface area (TPSA) is 12.0 Å². The molecule has 84 valence electrons.